The van der Waals surface area contributed by atoms with E-state index in [4.69, 9.17) is 23.2 Å². The first kappa shape index (κ1) is 18.8. The van der Waals surface area contributed by atoms with Crippen molar-refractivity contribution in [1.29, 1.82) is 0 Å². The molecule has 2 aromatic carbocycles. The summed E-state index contributed by atoms with van der Waals surface area (Å²) in [5, 5.41) is 14.6. The lowest BCUT2D eigenvalue weighted by Gasteiger charge is -2.07. The third-order valence-corrected chi connectivity index (χ3v) is 4.17. The van der Waals surface area contributed by atoms with Gasteiger partial charge >= 0.3 is 0 Å². The standard InChI is InChI=1S/C18H13Cl2N5O2/c19-15-10-21-25(18(27)17(15)20)11-16(26)22-12-6-8-14(9-7-12)24-23-13-4-2-1-3-5-13/h1-10H,11H2,(H,22,26). The molecule has 0 unspecified atom stereocenters. The molecule has 0 radical (unpaired) electrons. The van der Waals surface area contributed by atoms with Crippen LogP contribution in [-0.4, -0.2) is 15.7 Å². The number of anilines is 1. The average Bonchev–Trinajstić information content (AvgIpc) is 2.69. The van der Waals surface area contributed by atoms with Gasteiger partial charge in [-0.05, 0) is 36.4 Å². The highest BCUT2D eigenvalue weighted by Crippen LogP contribution is 2.20. The summed E-state index contributed by atoms with van der Waals surface area (Å²) in [4.78, 5) is 24.0. The predicted molar refractivity (Wildman–Crippen MR) is 104 cm³/mol. The van der Waals surface area contributed by atoms with Crippen LogP contribution in [0.2, 0.25) is 10.0 Å². The number of carbonyl (C=O) groups excluding carboxylic acids is 1. The van der Waals surface area contributed by atoms with Crippen molar-refractivity contribution in [3.05, 3.63) is 81.2 Å². The van der Waals surface area contributed by atoms with Gasteiger partial charge in [0.05, 0.1) is 22.6 Å². The van der Waals surface area contributed by atoms with E-state index in [9.17, 15) is 9.59 Å². The molecule has 1 heterocycles. The van der Waals surface area contributed by atoms with Gasteiger partial charge in [-0.1, -0.05) is 41.4 Å². The molecule has 0 saturated carbocycles. The maximum atomic E-state index is 12.1. The summed E-state index contributed by atoms with van der Waals surface area (Å²) in [6, 6.07) is 16.1. The molecule has 0 aliphatic carbocycles. The highest BCUT2D eigenvalue weighted by atomic mass is 35.5. The summed E-state index contributed by atoms with van der Waals surface area (Å²) < 4.78 is 0.936. The summed E-state index contributed by atoms with van der Waals surface area (Å²) in [5.41, 5.74) is 1.30. The van der Waals surface area contributed by atoms with E-state index in [1.54, 1.807) is 24.3 Å². The summed E-state index contributed by atoms with van der Waals surface area (Å²) >= 11 is 11.5. The molecule has 0 spiro atoms. The zero-order valence-corrected chi connectivity index (χ0v) is 15.4. The Kier molecular flexibility index (Phi) is 5.95. The third-order valence-electron chi connectivity index (χ3n) is 3.42. The average molecular weight is 402 g/mol. The van der Waals surface area contributed by atoms with Crippen molar-refractivity contribution >= 4 is 46.2 Å². The topological polar surface area (TPSA) is 88.7 Å². The minimum Gasteiger partial charge on any atom is -0.324 e. The number of amides is 1. The molecule has 7 nitrogen and oxygen atoms in total. The van der Waals surface area contributed by atoms with Crippen LogP contribution in [0.3, 0.4) is 0 Å². The molecule has 0 atom stereocenters. The van der Waals surface area contributed by atoms with Gasteiger partial charge in [0.2, 0.25) is 5.91 Å². The van der Waals surface area contributed by atoms with E-state index in [1.165, 1.54) is 6.20 Å². The summed E-state index contributed by atoms with van der Waals surface area (Å²) in [6.45, 7) is -0.287. The van der Waals surface area contributed by atoms with Crippen LogP contribution in [0.4, 0.5) is 17.1 Å². The van der Waals surface area contributed by atoms with E-state index in [0.717, 1.165) is 10.4 Å². The summed E-state index contributed by atoms with van der Waals surface area (Å²) in [5.74, 6) is -0.429. The molecule has 9 heteroatoms. The Balaban J connectivity index is 1.63. The van der Waals surface area contributed by atoms with Gasteiger partial charge in [-0.25, -0.2) is 4.68 Å². The first-order chi connectivity index (χ1) is 13.0. The van der Waals surface area contributed by atoms with Gasteiger partial charge in [0.1, 0.15) is 11.6 Å². The van der Waals surface area contributed by atoms with Crippen molar-refractivity contribution in [1.82, 2.24) is 9.78 Å². The lowest BCUT2D eigenvalue weighted by Crippen LogP contribution is -2.29. The highest BCUT2D eigenvalue weighted by Gasteiger charge is 2.11. The molecule has 0 fully saturated rings. The van der Waals surface area contributed by atoms with Crippen molar-refractivity contribution < 1.29 is 4.79 Å². The Morgan fingerprint density at radius 3 is 2.30 bits per heavy atom. The molecule has 27 heavy (non-hydrogen) atoms. The van der Waals surface area contributed by atoms with E-state index < -0.39 is 11.5 Å². The number of benzene rings is 2. The molecule has 1 N–H and O–H groups in total. The fourth-order valence-corrected chi connectivity index (χ4v) is 2.39. The monoisotopic (exact) mass is 401 g/mol. The van der Waals surface area contributed by atoms with Crippen LogP contribution >= 0.6 is 23.2 Å². The molecule has 0 saturated heterocycles. The van der Waals surface area contributed by atoms with Gasteiger partial charge < -0.3 is 5.32 Å². The molecule has 0 aliphatic heterocycles. The Morgan fingerprint density at radius 2 is 1.63 bits per heavy atom. The number of hydrogen-bond donors (Lipinski definition) is 1. The second-order valence-corrected chi connectivity index (χ2v) is 6.19. The zero-order valence-electron chi connectivity index (χ0n) is 13.8. The number of halogens is 2. The van der Waals surface area contributed by atoms with Crippen LogP contribution < -0.4 is 10.9 Å². The van der Waals surface area contributed by atoms with Crippen molar-refractivity contribution in [2.75, 3.05) is 5.32 Å². The zero-order chi connectivity index (χ0) is 19.2. The van der Waals surface area contributed by atoms with Crippen LogP contribution in [0.25, 0.3) is 0 Å². The second-order valence-electron chi connectivity index (χ2n) is 5.40. The van der Waals surface area contributed by atoms with Gasteiger partial charge in [0, 0.05) is 5.69 Å². The van der Waals surface area contributed by atoms with Gasteiger partial charge in [0.25, 0.3) is 5.56 Å². The largest absolute Gasteiger partial charge is 0.324 e. The molecule has 1 aromatic heterocycles. The minimum atomic E-state index is -0.629. The van der Waals surface area contributed by atoms with Crippen molar-refractivity contribution in [3.8, 4) is 0 Å². The van der Waals surface area contributed by atoms with E-state index in [-0.39, 0.29) is 16.6 Å². The first-order valence-corrected chi connectivity index (χ1v) is 8.56. The molecule has 3 aromatic rings. The van der Waals surface area contributed by atoms with Crippen LogP contribution in [0, 0.1) is 0 Å². The smallest absolute Gasteiger partial charge is 0.287 e. The molecule has 0 bridgehead atoms. The Labute approximate surface area is 164 Å². The highest BCUT2D eigenvalue weighted by molar-refractivity contribution is 6.41. The van der Waals surface area contributed by atoms with E-state index in [2.05, 4.69) is 20.6 Å². The molecule has 136 valence electrons. The van der Waals surface area contributed by atoms with Crippen molar-refractivity contribution in [2.45, 2.75) is 6.54 Å². The van der Waals surface area contributed by atoms with E-state index >= 15 is 0 Å². The second kappa shape index (κ2) is 8.57. The van der Waals surface area contributed by atoms with Gasteiger partial charge in [-0.2, -0.15) is 15.3 Å². The van der Waals surface area contributed by atoms with Gasteiger partial charge in [0.15, 0.2) is 0 Å². The van der Waals surface area contributed by atoms with E-state index in [0.29, 0.717) is 11.4 Å². The molecule has 1 amide bonds. The molecule has 0 aliphatic rings. The van der Waals surface area contributed by atoms with Crippen LogP contribution in [0.15, 0.2) is 75.8 Å². The fourth-order valence-electron chi connectivity index (χ4n) is 2.12. The lowest BCUT2D eigenvalue weighted by atomic mass is 10.3. The number of aromatic nitrogens is 2. The Morgan fingerprint density at radius 1 is 1.00 bits per heavy atom. The first-order valence-electron chi connectivity index (χ1n) is 7.81. The maximum absolute atomic E-state index is 12.1. The Hall–Kier alpha value is -3.03. The number of nitrogens with one attached hydrogen (secondary N) is 1. The normalized spacial score (nSPS) is 10.9. The molecular formula is C18H13Cl2N5O2. The minimum absolute atomic E-state index is 0.0404. The SMILES string of the molecule is O=C(Cn1ncc(Cl)c(Cl)c1=O)Nc1ccc(N=Nc2ccccc2)cc1. The Bertz CT molecular complexity index is 1030. The quantitative estimate of drug-likeness (QED) is 0.633. The van der Waals surface area contributed by atoms with Gasteiger partial charge in [-0.3, -0.25) is 9.59 Å². The number of hydrogen-bond acceptors (Lipinski definition) is 5. The lowest BCUT2D eigenvalue weighted by molar-refractivity contribution is -0.117. The number of rotatable bonds is 5. The molecule has 3 rings (SSSR count). The third kappa shape index (κ3) is 4.99. The van der Waals surface area contributed by atoms with Crippen molar-refractivity contribution in [2.24, 2.45) is 10.2 Å². The predicted octanol–water partition coefficient (Wildman–Crippen LogP) is 4.60. The number of nitrogens with zero attached hydrogens (tertiary/aromatic N) is 4. The van der Waals surface area contributed by atoms with Gasteiger partial charge in [-0.15, -0.1) is 0 Å². The number of carbonyl (C=O) groups is 1. The van der Waals surface area contributed by atoms with Crippen LogP contribution in [0.5, 0.6) is 0 Å². The van der Waals surface area contributed by atoms with Crippen molar-refractivity contribution in [3.63, 3.8) is 0 Å². The maximum Gasteiger partial charge on any atom is 0.287 e. The van der Waals surface area contributed by atoms with Crippen LogP contribution in [-0.2, 0) is 11.3 Å². The molecular weight excluding hydrogens is 389 g/mol. The van der Waals surface area contributed by atoms with E-state index in [1.807, 2.05) is 30.3 Å². The fraction of sp³-hybridized carbons (Fsp3) is 0.0556. The summed E-state index contributed by atoms with van der Waals surface area (Å²) in [7, 11) is 0. The van der Waals surface area contributed by atoms with Crippen LogP contribution in [0.1, 0.15) is 0 Å². The summed E-state index contributed by atoms with van der Waals surface area (Å²) in [6.07, 6.45) is 1.21. The number of azo groups is 1.